The highest BCUT2D eigenvalue weighted by molar-refractivity contribution is 6.03. The Morgan fingerprint density at radius 2 is 1.62 bits per heavy atom. The van der Waals surface area contributed by atoms with Crippen LogP contribution < -0.4 is 4.90 Å². The SMILES string of the molecule is C=CCN1C(=CC=CC2=[N+](CCCC)c3ccc(C=Cc4ccc([N+](=O)[O-])cc4)cc3C2(C)C)C(C)(C)c2c1ccc1ccccc21. The van der Waals surface area contributed by atoms with Gasteiger partial charge in [0.15, 0.2) is 5.71 Å². The lowest BCUT2D eigenvalue weighted by Crippen LogP contribution is -2.28. The number of allylic oxidation sites excluding steroid dienone is 4. The molecule has 0 bridgehead atoms. The van der Waals surface area contributed by atoms with Crippen molar-refractivity contribution in [3.05, 3.63) is 148 Å². The molecule has 238 valence electrons. The molecule has 47 heavy (non-hydrogen) atoms. The van der Waals surface area contributed by atoms with Crippen molar-refractivity contribution in [3.63, 3.8) is 0 Å². The predicted octanol–water partition coefficient (Wildman–Crippen LogP) is 10.5. The molecule has 0 N–H and O–H groups in total. The summed E-state index contributed by atoms with van der Waals surface area (Å²) in [7, 11) is 0. The first-order valence-corrected chi connectivity index (χ1v) is 16.6. The van der Waals surface area contributed by atoms with Crippen LogP contribution in [-0.2, 0) is 10.8 Å². The van der Waals surface area contributed by atoms with Crippen LogP contribution in [0.25, 0.3) is 22.9 Å². The van der Waals surface area contributed by atoms with Crippen molar-refractivity contribution in [2.75, 3.05) is 18.0 Å². The molecule has 2 heterocycles. The molecule has 0 spiro atoms. The average Bonchev–Trinajstić information content (AvgIpc) is 3.41. The Labute approximate surface area is 278 Å². The summed E-state index contributed by atoms with van der Waals surface area (Å²) >= 11 is 0. The molecule has 2 aliphatic rings. The first-order valence-electron chi connectivity index (χ1n) is 16.6. The molecular weight excluding hydrogens is 578 g/mol. The van der Waals surface area contributed by atoms with Crippen molar-refractivity contribution in [1.82, 2.24) is 0 Å². The van der Waals surface area contributed by atoms with Gasteiger partial charge in [0.25, 0.3) is 5.69 Å². The summed E-state index contributed by atoms with van der Waals surface area (Å²) < 4.78 is 2.50. The van der Waals surface area contributed by atoms with Gasteiger partial charge in [-0.2, -0.15) is 4.58 Å². The normalized spacial score (nSPS) is 17.3. The van der Waals surface area contributed by atoms with Gasteiger partial charge in [-0.1, -0.05) is 81.8 Å². The van der Waals surface area contributed by atoms with Gasteiger partial charge in [0.05, 0.1) is 10.3 Å². The van der Waals surface area contributed by atoms with E-state index in [9.17, 15) is 10.1 Å². The minimum atomic E-state index is -0.369. The molecule has 0 unspecified atom stereocenters. The average molecular weight is 623 g/mol. The van der Waals surface area contributed by atoms with Crippen molar-refractivity contribution in [3.8, 4) is 0 Å². The highest BCUT2D eigenvalue weighted by Crippen LogP contribution is 2.50. The van der Waals surface area contributed by atoms with Crippen molar-refractivity contribution >= 4 is 45.7 Å². The van der Waals surface area contributed by atoms with Crippen molar-refractivity contribution < 1.29 is 9.50 Å². The van der Waals surface area contributed by atoms with Crippen LogP contribution >= 0.6 is 0 Å². The number of nitrogens with zero attached hydrogens (tertiary/aromatic N) is 3. The predicted molar refractivity (Wildman–Crippen MR) is 198 cm³/mol. The summed E-state index contributed by atoms with van der Waals surface area (Å²) in [6, 6.07) is 26.5. The molecular formula is C42H44N3O2+. The van der Waals surface area contributed by atoms with Crippen LogP contribution in [0.15, 0.2) is 115 Å². The Kier molecular flexibility index (Phi) is 8.59. The Balaban J connectivity index is 1.35. The molecule has 5 heteroatoms. The monoisotopic (exact) mass is 622 g/mol. The van der Waals surface area contributed by atoms with E-state index >= 15 is 0 Å². The zero-order valence-electron chi connectivity index (χ0n) is 28.2. The van der Waals surface area contributed by atoms with Crippen LogP contribution in [0.1, 0.15) is 69.7 Å². The molecule has 0 saturated heterocycles. The van der Waals surface area contributed by atoms with E-state index in [1.165, 1.54) is 44.7 Å². The Hall–Kier alpha value is -5.03. The third-order valence-electron chi connectivity index (χ3n) is 9.80. The first kappa shape index (κ1) is 31.9. The zero-order chi connectivity index (χ0) is 33.3. The molecule has 0 saturated carbocycles. The first-order chi connectivity index (χ1) is 22.6. The van der Waals surface area contributed by atoms with Gasteiger partial charge in [0.1, 0.15) is 6.54 Å². The van der Waals surface area contributed by atoms with E-state index < -0.39 is 0 Å². The lowest BCUT2D eigenvalue weighted by Gasteiger charge is -2.26. The summed E-state index contributed by atoms with van der Waals surface area (Å²) in [5, 5.41) is 13.6. The van der Waals surface area contributed by atoms with E-state index in [0.29, 0.717) is 0 Å². The van der Waals surface area contributed by atoms with Crippen LogP contribution in [0, 0.1) is 10.1 Å². The van der Waals surface area contributed by atoms with Crippen LogP contribution in [-0.4, -0.2) is 28.3 Å². The van der Waals surface area contributed by atoms with E-state index in [1.54, 1.807) is 24.3 Å². The van der Waals surface area contributed by atoms with Crippen LogP contribution in [0.2, 0.25) is 0 Å². The topological polar surface area (TPSA) is 49.4 Å². The summed E-state index contributed by atoms with van der Waals surface area (Å²) in [5.41, 5.74) is 9.53. The van der Waals surface area contributed by atoms with Gasteiger partial charge in [-0.05, 0) is 77.7 Å². The Bertz CT molecular complexity index is 1990. The van der Waals surface area contributed by atoms with E-state index in [4.69, 9.17) is 0 Å². The van der Waals surface area contributed by atoms with E-state index in [1.807, 2.05) is 12.2 Å². The number of unbranched alkanes of at least 4 members (excludes halogenated alkanes) is 1. The van der Waals surface area contributed by atoms with Gasteiger partial charge < -0.3 is 4.90 Å². The number of hydrogen-bond donors (Lipinski definition) is 0. The molecule has 0 amide bonds. The fraction of sp³-hybridized carbons (Fsp3) is 0.262. The quantitative estimate of drug-likeness (QED) is 0.0581. The maximum atomic E-state index is 11.0. The number of fused-ring (bicyclic) bond motifs is 4. The number of hydrogen-bond acceptors (Lipinski definition) is 3. The van der Waals surface area contributed by atoms with Crippen LogP contribution in [0.3, 0.4) is 0 Å². The van der Waals surface area contributed by atoms with Crippen LogP contribution in [0.4, 0.5) is 17.1 Å². The highest BCUT2D eigenvalue weighted by Gasteiger charge is 2.44. The zero-order valence-corrected chi connectivity index (χ0v) is 28.2. The lowest BCUT2D eigenvalue weighted by atomic mass is 9.80. The van der Waals surface area contributed by atoms with Gasteiger partial charge >= 0.3 is 0 Å². The van der Waals surface area contributed by atoms with Crippen LogP contribution in [0.5, 0.6) is 0 Å². The number of nitro benzene ring substituents is 1. The highest BCUT2D eigenvalue weighted by atomic mass is 16.6. The fourth-order valence-electron chi connectivity index (χ4n) is 7.35. The molecule has 4 aromatic carbocycles. The summed E-state index contributed by atoms with van der Waals surface area (Å²) in [4.78, 5) is 13.1. The second-order valence-corrected chi connectivity index (χ2v) is 13.6. The maximum absolute atomic E-state index is 11.0. The standard InChI is InChI=1S/C42H44N3O2/c1-7-9-28-44-36-25-21-31(18-17-30-19-23-33(24-20-30)45(46)47)29-35(36)41(3,4)38(44)15-12-16-39-42(5,6)40-34-14-11-10-13-32(34)22-26-37(40)43(39)27-8-2/h8,10-26,29H,2,7,9,27-28H2,1,3-6H3/q+1. The second-order valence-electron chi connectivity index (χ2n) is 13.6. The second kappa shape index (κ2) is 12.6. The van der Waals surface area contributed by atoms with Gasteiger partial charge in [-0.25, -0.2) is 0 Å². The Morgan fingerprint density at radius 3 is 2.34 bits per heavy atom. The van der Waals surface area contributed by atoms with Gasteiger partial charge in [0.2, 0.25) is 5.69 Å². The smallest absolute Gasteiger partial charge is 0.269 e. The number of nitro groups is 1. The van der Waals surface area contributed by atoms with Crippen molar-refractivity contribution in [2.45, 2.75) is 58.3 Å². The van der Waals surface area contributed by atoms with Gasteiger partial charge in [0, 0.05) is 59.6 Å². The van der Waals surface area contributed by atoms with Gasteiger partial charge in [-0.3, -0.25) is 10.1 Å². The van der Waals surface area contributed by atoms with E-state index in [2.05, 4.69) is 130 Å². The van der Waals surface area contributed by atoms with E-state index in [-0.39, 0.29) is 21.4 Å². The van der Waals surface area contributed by atoms with Crippen molar-refractivity contribution in [1.29, 1.82) is 0 Å². The molecule has 0 fully saturated rings. The number of non-ortho nitro benzene ring substituents is 1. The number of benzene rings is 4. The Morgan fingerprint density at radius 1 is 0.894 bits per heavy atom. The summed E-state index contributed by atoms with van der Waals surface area (Å²) in [6.07, 6.45) is 15.2. The largest absolute Gasteiger partial charge is 0.340 e. The maximum Gasteiger partial charge on any atom is 0.269 e. The summed E-state index contributed by atoms with van der Waals surface area (Å²) in [5.74, 6) is 0. The molecule has 0 aliphatic carbocycles. The molecule has 6 rings (SSSR count). The molecule has 0 radical (unpaired) electrons. The molecule has 0 atom stereocenters. The third-order valence-corrected chi connectivity index (χ3v) is 9.80. The molecule has 0 aromatic heterocycles. The summed E-state index contributed by atoms with van der Waals surface area (Å²) in [6.45, 7) is 17.4. The van der Waals surface area contributed by atoms with Gasteiger partial charge in [-0.15, -0.1) is 6.58 Å². The van der Waals surface area contributed by atoms with Crippen molar-refractivity contribution in [2.24, 2.45) is 0 Å². The minimum absolute atomic E-state index is 0.100. The minimum Gasteiger partial charge on any atom is -0.340 e. The molecule has 5 nitrogen and oxygen atoms in total. The molecule has 4 aromatic rings. The fourth-order valence-corrected chi connectivity index (χ4v) is 7.35. The molecule has 2 aliphatic heterocycles. The third kappa shape index (κ3) is 5.76. The number of rotatable bonds is 10. The van der Waals surface area contributed by atoms with E-state index in [0.717, 1.165) is 37.1 Å². The lowest BCUT2D eigenvalue weighted by molar-refractivity contribution is -0.438. The number of anilines is 1.